The van der Waals surface area contributed by atoms with Gasteiger partial charge in [-0.2, -0.15) is 0 Å². The van der Waals surface area contributed by atoms with Crippen molar-refractivity contribution < 1.29 is 17.9 Å². The van der Waals surface area contributed by atoms with Crippen LogP contribution in [-0.2, 0) is 19.6 Å². The molecule has 1 heterocycles. The Balaban J connectivity index is 1.70. The highest BCUT2D eigenvalue weighted by Gasteiger charge is 2.22. The summed E-state index contributed by atoms with van der Waals surface area (Å²) in [6.45, 7) is 2.36. The zero-order valence-electron chi connectivity index (χ0n) is 15.2. The first-order valence-corrected chi connectivity index (χ1v) is 10.2. The molecule has 0 spiro atoms. The van der Waals surface area contributed by atoms with Crippen molar-refractivity contribution in [2.45, 2.75) is 4.90 Å². The number of amides is 1. The van der Waals surface area contributed by atoms with Crippen molar-refractivity contribution in [3.63, 3.8) is 0 Å². The van der Waals surface area contributed by atoms with Crippen LogP contribution in [-0.4, -0.2) is 59.1 Å². The first-order chi connectivity index (χ1) is 13.0. The van der Waals surface area contributed by atoms with Crippen molar-refractivity contribution in [3.8, 4) is 0 Å². The van der Waals surface area contributed by atoms with E-state index in [0.717, 1.165) is 0 Å². The number of ether oxygens (including phenoxy) is 1. The molecule has 3 rings (SSSR count). The molecule has 1 fully saturated rings. The molecular weight excluding hydrogens is 366 g/mol. The summed E-state index contributed by atoms with van der Waals surface area (Å²) in [4.78, 5) is 14.1. The number of hydrogen-bond donors (Lipinski definition) is 1. The van der Waals surface area contributed by atoms with Gasteiger partial charge >= 0.3 is 0 Å². The molecule has 0 aromatic heterocycles. The molecule has 7 nitrogen and oxygen atoms in total. The summed E-state index contributed by atoms with van der Waals surface area (Å²) >= 11 is 0. The fourth-order valence-electron chi connectivity index (χ4n) is 2.80. The maximum atomic E-state index is 12.9. The van der Waals surface area contributed by atoms with Gasteiger partial charge in [0.25, 0.3) is 10.0 Å². The molecule has 1 amide bonds. The predicted molar refractivity (Wildman–Crippen MR) is 104 cm³/mol. The Labute approximate surface area is 159 Å². The minimum absolute atomic E-state index is 0.0343. The monoisotopic (exact) mass is 389 g/mol. The third kappa shape index (κ3) is 4.58. The quantitative estimate of drug-likeness (QED) is 0.815. The van der Waals surface area contributed by atoms with Gasteiger partial charge in [-0.25, -0.2) is 8.42 Å². The zero-order valence-corrected chi connectivity index (χ0v) is 16.0. The molecule has 27 heavy (non-hydrogen) atoms. The summed E-state index contributed by atoms with van der Waals surface area (Å²) in [5.74, 6) is -0.0343. The number of para-hydroxylation sites is 1. The van der Waals surface area contributed by atoms with Gasteiger partial charge in [0.2, 0.25) is 5.91 Å². The number of benzene rings is 2. The maximum Gasteiger partial charge on any atom is 0.264 e. The Hall–Kier alpha value is -2.58. The van der Waals surface area contributed by atoms with Crippen LogP contribution < -0.4 is 9.62 Å². The van der Waals surface area contributed by atoms with E-state index in [-0.39, 0.29) is 17.3 Å². The molecule has 0 bridgehead atoms. The van der Waals surface area contributed by atoms with Crippen LogP contribution >= 0.6 is 0 Å². The normalized spacial score (nSPS) is 14.6. The number of morpholine rings is 1. The average Bonchev–Trinajstić information content (AvgIpc) is 2.73. The third-order valence-corrected chi connectivity index (χ3v) is 6.20. The van der Waals surface area contributed by atoms with Crippen LogP contribution in [0.3, 0.4) is 0 Å². The van der Waals surface area contributed by atoms with Gasteiger partial charge in [0, 0.05) is 25.8 Å². The Morgan fingerprint density at radius 3 is 2.52 bits per heavy atom. The van der Waals surface area contributed by atoms with Crippen molar-refractivity contribution in [2.24, 2.45) is 0 Å². The number of rotatable bonds is 6. The third-order valence-electron chi connectivity index (χ3n) is 4.42. The van der Waals surface area contributed by atoms with Crippen LogP contribution in [0.4, 0.5) is 11.4 Å². The van der Waals surface area contributed by atoms with Crippen molar-refractivity contribution in [1.29, 1.82) is 0 Å². The summed E-state index contributed by atoms with van der Waals surface area (Å²) in [6.07, 6.45) is 0. The highest BCUT2D eigenvalue weighted by atomic mass is 32.2. The van der Waals surface area contributed by atoms with Crippen LogP contribution in [0.1, 0.15) is 0 Å². The molecule has 0 saturated carbocycles. The lowest BCUT2D eigenvalue weighted by molar-refractivity contribution is -0.133. The SMILES string of the molecule is CN(c1ccccc1)S(=O)(=O)c1cccc(NCC(=O)N2CCOCC2)c1. The van der Waals surface area contributed by atoms with Crippen LogP contribution in [0.2, 0.25) is 0 Å². The molecule has 8 heteroatoms. The van der Waals surface area contributed by atoms with E-state index >= 15 is 0 Å². The number of carbonyl (C=O) groups is 1. The number of nitrogens with one attached hydrogen (secondary N) is 1. The average molecular weight is 389 g/mol. The van der Waals surface area contributed by atoms with E-state index < -0.39 is 10.0 Å². The van der Waals surface area contributed by atoms with Gasteiger partial charge in [-0.3, -0.25) is 9.10 Å². The molecule has 0 atom stereocenters. The molecular formula is C19H23N3O4S. The summed E-state index contributed by atoms with van der Waals surface area (Å²) in [6, 6.07) is 15.4. The summed E-state index contributed by atoms with van der Waals surface area (Å²) in [7, 11) is -2.17. The minimum atomic E-state index is -3.69. The second-order valence-corrected chi connectivity index (χ2v) is 8.15. The van der Waals surface area contributed by atoms with Crippen molar-refractivity contribution in [2.75, 3.05) is 49.5 Å². The van der Waals surface area contributed by atoms with E-state index in [1.807, 2.05) is 6.07 Å². The van der Waals surface area contributed by atoms with Gasteiger partial charge in [0.05, 0.1) is 30.3 Å². The minimum Gasteiger partial charge on any atom is -0.378 e. The topological polar surface area (TPSA) is 79.0 Å². The highest BCUT2D eigenvalue weighted by molar-refractivity contribution is 7.92. The molecule has 1 saturated heterocycles. The standard InChI is InChI=1S/C19H23N3O4S/c1-21(17-7-3-2-4-8-17)27(24,25)18-9-5-6-16(14-18)20-15-19(23)22-10-12-26-13-11-22/h2-9,14,20H,10-13,15H2,1H3. The van der Waals surface area contributed by atoms with Gasteiger partial charge in [-0.1, -0.05) is 24.3 Å². The van der Waals surface area contributed by atoms with Crippen LogP contribution in [0.25, 0.3) is 0 Å². The lowest BCUT2D eigenvalue weighted by Crippen LogP contribution is -2.43. The van der Waals surface area contributed by atoms with Crippen LogP contribution in [0.15, 0.2) is 59.5 Å². The summed E-state index contributed by atoms with van der Waals surface area (Å²) in [5, 5.41) is 3.02. The highest BCUT2D eigenvalue weighted by Crippen LogP contribution is 2.23. The molecule has 144 valence electrons. The van der Waals surface area contributed by atoms with E-state index in [9.17, 15) is 13.2 Å². The molecule has 1 aliphatic rings. The number of carbonyl (C=O) groups excluding carboxylic acids is 1. The number of nitrogens with zero attached hydrogens (tertiary/aromatic N) is 2. The zero-order chi connectivity index (χ0) is 19.3. The van der Waals surface area contributed by atoms with Crippen molar-refractivity contribution in [3.05, 3.63) is 54.6 Å². The summed E-state index contributed by atoms with van der Waals surface area (Å²) < 4.78 is 32.2. The fourth-order valence-corrected chi connectivity index (χ4v) is 4.05. The van der Waals surface area contributed by atoms with E-state index in [2.05, 4.69) is 5.32 Å². The smallest absolute Gasteiger partial charge is 0.264 e. The fraction of sp³-hybridized carbons (Fsp3) is 0.316. The van der Waals surface area contributed by atoms with Gasteiger partial charge in [0.15, 0.2) is 0 Å². The second kappa shape index (κ2) is 8.41. The lowest BCUT2D eigenvalue weighted by Gasteiger charge is -2.27. The van der Waals surface area contributed by atoms with Gasteiger partial charge in [-0.15, -0.1) is 0 Å². The van der Waals surface area contributed by atoms with Crippen LogP contribution in [0, 0.1) is 0 Å². The number of hydrogen-bond acceptors (Lipinski definition) is 5. The van der Waals surface area contributed by atoms with Crippen molar-refractivity contribution >= 4 is 27.3 Å². The van der Waals surface area contributed by atoms with E-state index in [1.165, 1.54) is 11.4 Å². The molecule has 0 aliphatic carbocycles. The number of sulfonamides is 1. The van der Waals surface area contributed by atoms with E-state index in [0.29, 0.717) is 37.7 Å². The Morgan fingerprint density at radius 1 is 1.11 bits per heavy atom. The summed E-state index contributed by atoms with van der Waals surface area (Å²) in [5.41, 5.74) is 1.16. The van der Waals surface area contributed by atoms with E-state index in [4.69, 9.17) is 4.74 Å². The Kier molecular flexibility index (Phi) is 5.98. The number of anilines is 2. The Bertz CT molecular complexity index is 881. The van der Waals surface area contributed by atoms with Gasteiger partial charge < -0.3 is 15.0 Å². The maximum absolute atomic E-state index is 12.9. The lowest BCUT2D eigenvalue weighted by atomic mass is 10.3. The molecule has 2 aromatic carbocycles. The predicted octanol–water partition coefficient (Wildman–Crippen LogP) is 1.78. The molecule has 2 aromatic rings. The first-order valence-electron chi connectivity index (χ1n) is 8.72. The van der Waals surface area contributed by atoms with Crippen molar-refractivity contribution in [1.82, 2.24) is 4.90 Å². The Morgan fingerprint density at radius 2 is 1.81 bits per heavy atom. The van der Waals surface area contributed by atoms with Crippen LogP contribution in [0.5, 0.6) is 0 Å². The molecule has 1 aliphatic heterocycles. The van der Waals surface area contributed by atoms with Gasteiger partial charge in [0.1, 0.15) is 0 Å². The largest absolute Gasteiger partial charge is 0.378 e. The molecule has 0 radical (unpaired) electrons. The molecule has 1 N–H and O–H groups in total. The second-order valence-electron chi connectivity index (χ2n) is 6.18. The first kappa shape index (κ1) is 19.2. The van der Waals surface area contributed by atoms with E-state index in [1.54, 1.807) is 53.4 Å². The molecule has 0 unspecified atom stereocenters. The van der Waals surface area contributed by atoms with Gasteiger partial charge in [-0.05, 0) is 30.3 Å².